The van der Waals surface area contributed by atoms with Crippen molar-refractivity contribution < 1.29 is 28.8 Å². The minimum absolute atomic E-state index is 0.0116. The molecule has 0 amide bonds. The zero-order valence-corrected chi connectivity index (χ0v) is 21.7. The smallest absolute Gasteiger partial charge is 0.401 e. The van der Waals surface area contributed by atoms with Gasteiger partial charge in [-0.25, -0.2) is 0 Å². The molecule has 0 unspecified atom stereocenters. The van der Waals surface area contributed by atoms with Crippen LogP contribution in [0.2, 0.25) is 0 Å². The van der Waals surface area contributed by atoms with E-state index in [0.717, 1.165) is 11.1 Å². The number of nitrogens with zero attached hydrogens (tertiary/aromatic N) is 4. The summed E-state index contributed by atoms with van der Waals surface area (Å²) in [4.78, 5) is 13.4. The number of carbonyl (C=O) groups is 1. The Labute approximate surface area is 211 Å². The third kappa shape index (κ3) is 5.53. The predicted octanol–water partition coefficient (Wildman–Crippen LogP) is 2.65. The summed E-state index contributed by atoms with van der Waals surface area (Å²) in [6.07, 6.45) is 2.85. The normalized spacial score (nSPS) is 13.7. The van der Waals surface area contributed by atoms with Gasteiger partial charge in [-0.2, -0.15) is 0 Å². The Morgan fingerprint density at radius 2 is 2.00 bits per heavy atom. The maximum Gasteiger partial charge on any atom is 0.401 e. The summed E-state index contributed by atoms with van der Waals surface area (Å²) in [5.41, 5.74) is 8.78. The van der Waals surface area contributed by atoms with Crippen LogP contribution < -0.4 is 24.6 Å². The fourth-order valence-corrected chi connectivity index (χ4v) is 3.93. The van der Waals surface area contributed by atoms with Gasteiger partial charge < -0.3 is 19.3 Å². The number of ether oxygens (including phenoxy) is 3. The predicted molar refractivity (Wildman–Crippen MR) is 134 cm³/mol. The molecule has 10 heteroatoms. The van der Waals surface area contributed by atoms with Crippen molar-refractivity contribution in [2.75, 3.05) is 32.7 Å². The van der Waals surface area contributed by atoms with E-state index in [1.54, 1.807) is 13.2 Å². The van der Waals surface area contributed by atoms with E-state index in [1.807, 2.05) is 39.8 Å². The summed E-state index contributed by atoms with van der Waals surface area (Å²) >= 11 is 0. The summed E-state index contributed by atoms with van der Waals surface area (Å²) in [5.74, 6) is 2.19. The molecule has 0 spiro atoms. The molecular formula is C26H36N5O5+. The number of ketones is 1. The zero-order valence-electron chi connectivity index (χ0n) is 21.7. The number of aliphatic hydroxyl groups excluding tert-OH is 1. The first kappa shape index (κ1) is 25.7. The van der Waals surface area contributed by atoms with E-state index >= 15 is 0 Å². The molecule has 10 nitrogen and oxygen atoms in total. The number of aliphatic hydroxyl groups is 1. The number of benzene rings is 1. The molecule has 1 aliphatic rings. The molecule has 194 valence electrons. The molecule has 2 heterocycles. The highest BCUT2D eigenvalue weighted by Crippen LogP contribution is 2.40. The minimum Gasteiger partial charge on any atom is -0.493 e. The molecule has 1 fully saturated rings. The molecule has 1 aliphatic carbocycles. The summed E-state index contributed by atoms with van der Waals surface area (Å²) in [6, 6.07) is 5.35. The minimum atomic E-state index is -0.302. The van der Waals surface area contributed by atoms with Gasteiger partial charge in [0.25, 0.3) is 5.65 Å². The van der Waals surface area contributed by atoms with Gasteiger partial charge in [0.1, 0.15) is 0 Å². The van der Waals surface area contributed by atoms with Crippen LogP contribution in [0.1, 0.15) is 61.5 Å². The number of rotatable bonds is 11. The average Bonchev–Trinajstić information content (AvgIpc) is 3.61. The Bertz CT molecular complexity index is 1260. The number of nitrogens with two attached hydrogens (primary N) is 1. The largest absolute Gasteiger partial charge is 0.493 e. The second-order valence-corrected chi connectivity index (χ2v) is 10.3. The molecule has 0 atom stereocenters. The number of carbonyl (C=O) groups excluding carboxylic acids is 1. The van der Waals surface area contributed by atoms with E-state index in [4.69, 9.17) is 25.1 Å². The Morgan fingerprint density at radius 3 is 2.64 bits per heavy atom. The van der Waals surface area contributed by atoms with E-state index in [-0.39, 0.29) is 30.3 Å². The average molecular weight is 499 g/mol. The lowest BCUT2D eigenvalue weighted by Crippen LogP contribution is -2.42. The van der Waals surface area contributed by atoms with Gasteiger partial charge in [-0.1, -0.05) is 35.5 Å². The fraction of sp³-hybridized carbons (Fsp3) is 0.538. The first-order chi connectivity index (χ1) is 17.1. The molecule has 4 rings (SSSR count). The summed E-state index contributed by atoms with van der Waals surface area (Å²) in [7, 11) is 1.58. The number of anilines is 1. The maximum absolute atomic E-state index is 13.4. The topological polar surface area (TPSA) is 125 Å². The number of hydrogen-bond donors (Lipinski definition) is 2. The molecule has 1 saturated carbocycles. The molecule has 0 bridgehead atoms. The number of methoxy groups -OCH3 is 1. The molecule has 3 aromatic rings. The first-order valence-electron chi connectivity index (χ1n) is 12.3. The molecule has 36 heavy (non-hydrogen) atoms. The Morgan fingerprint density at radius 1 is 1.25 bits per heavy atom. The first-order valence-corrected chi connectivity index (χ1v) is 12.3. The van der Waals surface area contributed by atoms with Gasteiger partial charge in [0.2, 0.25) is 5.88 Å². The monoisotopic (exact) mass is 498 g/mol. The van der Waals surface area contributed by atoms with Crippen LogP contribution in [0.15, 0.2) is 18.2 Å². The van der Waals surface area contributed by atoms with Crippen molar-refractivity contribution in [2.45, 2.75) is 58.9 Å². The molecule has 0 radical (unpaired) electrons. The van der Waals surface area contributed by atoms with Crippen LogP contribution in [-0.4, -0.2) is 52.5 Å². The lowest BCUT2D eigenvalue weighted by molar-refractivity contribution is -0.723. The molecular weight excluding hydrogens is 462 g/mol. The van der Waals surface area contributed by atoms with E-state index in [9.17, 15) is 4.79 Å². The summed E-state index contributed by atoms with van der Waals surface area (Å²) in [6.45, 7) is 8.93. The SMILES string of the molecule is COc1c(OCCCO)cc(C(=O)C[n+]2nc3c(C)cc(OCC4CC4)nn3c2N)cc1C(C)(C)C. The lowest BCUT2D eigenvalue weighted by Gasteiger charge is -2.25. The van der Waals surface area contributed by atoms with Crippen molar-refractivity contribution in [3.8, 4) is 17.4 Å². The summed E-state index contributed by atoms with van der Waals surface area (Å²) < 4.78 is 20.3. The number of nitrogen functional groups attached to an aromatic ring is 1. The van der Waals surface area contributed by atoms with Crippen LogP contribution in [0, 0.1) is 12.8 Å². The van der Waals surface area contributed by atoms with E-state index < -0.39 is 0 Å². The molecule has 3 N–H and O–H groups in total. The van der Waals surface area contributed by atoms with E-state index in [0.29, 0.717) is 54.1 Å². The third-order valence-electron chi connectivity index (χ3n) is 6.19. The Hall–Kier alpha value is -3.40. The number of hydrogen-bond acceptors (Lipinski definition) is 8. The lowest BCUT2D eigenvalue weighted by atomic mass is 9.84. The second kappa shape index (κ2) is 10.3. The highest BCUT2D eigenvalue weighted by Gasteiger charge is 2.28. The van der Waals surface area contributed by atoms with Crippen molar-refractivity contribution in [2.24, 2.45) is 5.92 Å². The van der Waals surface area contributed by atoms with Crippen LogP contribution in [0.3, 0.4) is 0 Å². The van der Waals surface area contributed by atoms with Crippen LogP contribution in [-0.2, 0) is 12.0 Å². The van der Waals surface area contributed by atoms with Gasteiger partial charge in [-0.05, 0) is 43.2 Å². The number of aryl methyl sites for hydroxylation is 1. The van der Waals surface area contributed by atoms with Crippen molar-refractivity contribution in [1.29, 1.82) is 0 Å². The van der Waals surface area contributed by atoms with Crippen LogP contribution in [0.25, 0.3) is 5.65 Å². The molecule has 1 aromatic carbocycles. The Balaban J connectivity index is 1.65. The third-order valence-corrected chi connectivity index (χ3v) is 6.19. The van der Waals surface area contributed by atoms with Gasteiger partial charge in [0.05, 0.1) is 20.3 Å². The quantitative estimate of drug-likeness (QED) is 0.235. The molecule has 0 aliphatic heterocycles. The Kier molecular flexibility index (Phi) is 7.35. The van der Waals surface area contributed by atoms with Crippen LogP contribution in [0.5, 0.6) is 17.4 Å². The standard InChI is InChI=1S/C26H35N5O5/c1-16-11-22(36-15-17-7-8-17)28-31-24(16)29-30(25(31)27)14-20(33)18-12-19(26(2,3)4)23(34-5)21(13-18)35-10-6-9-32/h11-13,17,27,32H,6-10,14-15H2,1-5H3/p+1. The van der Waals surface area contributed by atoms with Crippen molar-refractivity contribution in [3.63, 3.8) is 0 Å². The highest BCUT2D eigenvalue weighted by molar-refractivity contribution is 5.96. The molecule has 0 saturated heterocycles. The van der Waals surface area contributed by atoms with Crippen molar-refractivity contribution in [3.05, 3.63) is 34.9 Å². The molecule has 2 aromatic heterocycles. The fourth-order valence-electron chi connectivity index (χ4n) is 3.93. The second-order valence-electron chi connectivity index (χ2n) is 10.3. The number of aromatic nitrogens is 4. The van der Waals surface area contributed by atoms with Crippen LogP contribution >= 0.6 is 0 Å². The zero-order chi connectivity index (χ0) is 26.0. The van der Waals surface area contributed by atoms with Gasteiger partial charge >= 0.3 is 5.95 Å². The van der Waals surface area contributed by atoms with E-state index in [1.165, 1.54) is 22.0 Å². The van der Waals surface area contributed by atoms with Crippen LogP contribution in [0.4, 0.5) is 5.95 Å². The highest BCUT2D eigenvalue weighted by atomic mass is 16.5. The summed E-state index contributed by atoms with van der Waals surface area (Å²) in [5, 5.41) is 18.2. The van der Waals surface area contributed by atoms with E-state index in [2.05, 4.69) is 10.2 Å². The van der Waals surface area contributed by atoms with Crippen molar-refractivity contribution >= 4 is 17.4 Å². The number of Topliss-reactive ketones (excluding diaryl/α,β-unsaturated/α-hetero) is 1. The van der Waals surface area contributed by atoms with Gasteiger partial charge in [0, 0.05) is 35.8 Å². The van der Waals surface area contributed by atoms with Gasteiger partial charge in [-0.15, -0.1) is 4.68 Å². The van der Waals surface area contributed by atoms with Gasteiger partial charge in [-0.3, -0.25) is 10.5 Å². The maximum atomic E-state index is 13.4. The van der Waals surface area contributed by atoms with Crippen molar-refractivity contribution in [1.82, 2.24) is 14.7 Å². The van der Waals surface area contributed by atoms with Gasteiger partial charge in [0.15, 0.2) is 23.8 Å². The number of fused-ring (bicyclic) bond motifs is 1.